The van der Waals surface area contributed by atoms with Crippen LogP contribution in [0, 0.1) is 0 Å². The van der Waals surface area contributed by atoms with Crippen LogP contribution in [0.5, 0.6) is 0 Å². The Morgan fingerprint density at radius 2 is 1.74 bits per heavy atom. The van der Waals surface area contributed by atoms with Crippen LogP contribution in [0.4, 0.5) is 0 Å². The van der Waals surface area contributed by atoms with Crippen LogP contribution in [0.15, 0.2) is 0 Å². The van der Waals surface area contributed by atoms with Crippen molar-refractivity contribution in [1.29, 1.82) is 0 Å². The zero-order chi connectivity index (χ0) is 13.7. The molecule has 0 spiro atoms. The van der Waals surface area contributed by atoms with Crippen LogP contribution in [-0.2, 0) is 9.59 Å². The molecule has 2 aliphatic rings. The summed E-state index contributed by atoms with van der Waals surface area (Å²) < 4.78 is 0. The minimum Gasteiger partial charge on any atom is -0.346 e. The van der Waals surface area contributed by atoms with Crippen molar-refractivity contribution in [2.45, 2.75) is 31.7 Å². The van der Waals surface area contributed by atoms with Crippen molar-refractivity contribution in [3.05, 3.63) is 0 Å². The quantitative estimate of drug-likeness (QED) is 0.696. The predicted molar refractivity (Wildman–Crippen MR) is 72.5 cm³/mol. The first-order chi connectivity index (χ1) is 9.20. The molecule has 2 fully saturated rings. The summed E-state index contributed by atoms with van der Waals surface area (Å²) in [6.07, 6.45) is 4.72. The summed E-state index contributed by atoms with van der Waals surface area (Å²) in [5.41, 5.74) is 5.18. The van der Waals surface area contributed by atoms with Gasteiger partial charge in [0.1, 0.15) is 0 Å². The number of nitrogens with zero attached hydrogens (tertiary/aromatic N) is 2. The molecule has 19 heavy (non-hydrogen) atoms. The number of carbonyl (C=O) groups is 2. The first-order valence-corrected chi connectivity index (χ1v) is 7.19. The van der Waals surface area contributed by atoms with E-state index in [4.69, 9.17) is 5.73 Å². The summed E-state index contributed by atoms with van der Waals surface area (Å²) in [6.45, 7) is 4.04. The highest BCUT2D eigenvalue weighted by Crippen LogP contribution is 2.20. The van der Waals surface area contributed by atoms with E-state index in [1.54, 1.807) is 0 Å². The van der Waals surface area contributed by atoms with Gasteiger partial charge in [-0.25, -0.2) is 0 Å². The Morgan fingerprint density at radius 1 is 1.11 bits per heavy atom. The van der Waals surface area contributed by atoms with Crippen LogP contribution in [-0.4, -0.2) is 66.9 Å². The number of hydrogen-bond donors (Lipinski definition) is 2. The Kier molecular flexibility index (Phi) is 5.15. The van der Waals surface area contributed by atoms with Crippen molar-refractivity contribution in [2.24, 2.45) is 5.73 Å². The highest BCUT2D eigenvalue weighted by atomic mass is 16.2. The zero-order valence-corrected chi connectivity index (χ0v) is 11.4. The SMILES string of the molecule is NCC(=O)NCC(=O)N1CCC(N2CCCC2)CC1. The van der Waals surface area contributed by atoms with Crippen molar-refractivity contribution >= 4 is 11.8 Å². The summed E-state index contributed by atoms with van der Waals surface area (Å²) in [6, 6.07) is 0.644. The molecule has 0 radical (unpaired) electrons. The minimum absolute atomic E-state index is 0.00155. The third-order valence-corrected chi connectivity index (χ3v) is 4.10. The maximum Gasteiger partial charge on any atom is 0.241 e. The van der Waals surface area contributed by atoms with Gasteiger partial charge in [0.15, 0.2) is 0 Å². The maximum atomic E-state index is 11.9. The van der Waals surface area contributed by atoms with E-state index in [1.807, 2.05) is 4.90 Å². The summed E-state index contributed by atoms with van der Waals surface area (Å²) in [5.74, 6) is -0.276. The molecule has 0 bridgehead atoms. The number of nitrogens with one attached hydrogen (secondary N) is 1. The van der Waals surface area contributed by atoms with Crippen LogP contribution in [0.2, 0.25) is 0 Å². The van der Waals surface area contributed by atoms with Gasteiger partial charge in [-0.05, 0) is 38.8 Å². The molecule has 6 nitrogen and oxygen atoms in total. The minimum atomic E-state index is -0.277. The van der Waals surface area contributed by atoms with Gasteiger partial charge in [0, 0.05) is 19.1 Å². The molecule has 0 unspecified atom stereocenters. The molecular formula is C13H24N4O2. The van der Waals surface area contributed by atoms with Gasteiger partial charge in [0.05, 0.1) is 13.1 Å². The topological polar surface area (TPSA) is 78.7 Å². The van der Waals surface area contributed by atoms with E-state index in [0.29, 0.717) is 6.04 Å². The number of nitrogens with two attached hydrogens (primary N) is 1. The Morgan fingerprint density at radius 3 is 2.32 bits per heavy atom. The Hall–Kier alpha value is -1.14. The van der Waals surface area contributed by atoms with Crippen molar-refractivity contribution in [3.8, 4) is 0 Å². The molecule has 0 aliphatic carbocycles. The van der Waals surface area contributed by atoms with Gasteiger partial charge >= 0.3 is 0 Å². The summed E-state index contributed by atoms with van der Waals surface area (Å²) in [5, 5.41) is 2.53. The number of rotatable bonds is 4. The van der Waals surface area contributed by atoms with Gasteiger partial charge in [0.25, 0.3) is 0 Å². The molecule has 3 N–H and O–H groups in total. The third kappa shape index (κ3) is 3.91. The molecule has 2 heterocycles. The van der Waals surface area contributed by atoms with E-state index >= 15 is 0 Å². The van der Waals surface area contributed by atoms with Crippen LogP contribution < -0.4 is 11.1 Å². The second kappa shape index (κ2) is 6.86. The number of likely N-dealkylation sites (tertiary alicyclic amines) is 2. The van der Waals surface area contributed by atoms with Crippen LogP contribution in [0.3, 0.4) is 0 Å². The van der Waals surface area contributed by atoms with E-state index in [1.165, 1.54) is 25.9 Å². The molecule has 0 atom stereocenters. The Bertz CT molecular complexity index is 321. The number of hydrogen-bond acceptors (Lipinski definition) is 4. The molecule has 0 saturated carbocycles. The van der Waals surface area contributed by atoms with Gasteiger partial charge in [-0.1, -0.05) is 0 Å². The van der Waals surface area contributed by atoms with Crippen molar-refractivity contribution in [3.63, 3.8) is 0 Å². The largest absolute Gasteiger partial charge is 0.346 e. The summed E-state index contributed by atoms with van der Waals surface area (Å²) in [7, 11) is 0. The standard InChI is InChI=1S/C13H24N4O2/c14-9-12(18)15-10-13(19)17-7-3-11(4-8-17)16-5-1-2-6-16/h11H,1-10,14H2,(H,15,18). The molecule has 108 valence electrons. The fraction of sp³-hybridized carbons (Fsp3) is 0.846. The van der Waals surface area contributed by atoms with Gasteiger partial charge < -0.3 is 20.9 Å². The molecule has 0 aromatic carbocycles. The highest BCUT2D eigenvalue weighted by Gasteiger charge is 2.28. The first-order valence-electron chi connectivity index (χ1n) is 7.19. The fourth-order valence-electron chi connectivity index (χ4n) is 2.95. The number of piperidine rings is 1. The Balaban J connectivity index is 1.70. The second-order valence-electron chi connectivity index (χ2n) is 5.34. The van der Waals surface area contributed by atoms with E-state index in [9.17, 15) is 9.59 Å². The normalized spacial score (nSPS) is 21.6. The lowest BCUT2D eigenvalue weighted by molar-refractivity contribution is -0.133. The second-order valence-corrected chi connectivity index (χ2v) is 5.34. The predicted octanol–water partition coefficient (Wildman–Crippen LogP) is -0.852. The summed E-state index contributed by atoms with van der Waals surface area (Å²) >= 11 is 0. The van der Waals surface area contributed by atoms with Crippen LogP contribution in [0.1, 0.15) is 25.7 Å². The number of amides is 2. The van der Waals surface area contributed by atoms with Crippen molar-refractivity contribution in [1.82, 2.24) is 15.1 Å². The third-order valence-electron chi connectivity index (χ3n) is 4.10. The number of carbonyl (C=O) groups excluding carboxylic acids is 2. The molecule has 0 aromatic heterocycles. The van der Waals surface area contributed by atoms with E-state index in [2.05, 4.69) is 10.2 Å². The average Bonchev–Trinajstić information content (AvgIpc) is 2.98. The van der Waals surface area contributed by atoms with E-state index in [-0.39, 0.29) is 24.9 Å². The summed E-state index contributed by atoms with van der Waals surface area (Å²) in [4.78, 5) is 27.3. The first kappa shape index (κ1) is 14.3. The molecular weight excluding hydrogens is 244 g/mol. The highest BCUT2D eigenvalue weighted by molar-refractivity contribution is 5.85. The van der Waals surface area contributed by atoms with Crippen LogP contribution >= 0.6 is 0 Å². The fourth-order valence-corrected chi connectivity index (χ4v) is 2.95. The molecule has 2 amide bonds. The van der Waals surface area contributed by atoms with Gasteiger partial charge in [-0.2, -0.15) is 0 Å². The van der Waals surface area contributed by atoms with Crippen molar-refractivity contribution < 1.29 is 9.59 Å². The molecule has 2 aliphatic heterocycles. The van der Waals surface area contributed by atoms with Gasteiger partial charge in [0.2, 0.25) is 11.8 Å². The molecule has 2 rings (SSSR count). The lowest BCUT2D eigenvalue weighted by Crippen LogP contribution is -2.49. The lowest BCUT2D eigenvalue weighted by Gasteiger charge is -2.36. The maximum absolute atomic E-state index is 11.9. The average molecular weight is 268 g/mol. The van der Waals surface area contributed by atoms with E-state index in [0.717, 1.165) is 25.9 Å². The molecule has 6 heteroatoms. The van der Waals surface area contributed by atoms with Gasteiger partial charge in [-0.3, -0.25) is 9.59 Å². The Labute approximate surface area is 114 Å². The van der Waals surface area contributed by atoms with Gasteiger partial charge in [-0.15, -0.1) is 0 Å². The smallest absolute Gasteiger partial charge is 0.241 e. The lowest BCUT2D eigenvalue weighted by atomic mass is 10.0. The van der Waals surface area contributed by atoms with Crippen LogP contribution in [0.25, 0.3) is 0 Å². The molecule has 0 aromatic rings. The van der Waals surface area contributed by atoms with Crippen molar-refractivity contribution in [2.75, 3.05) is 39.3 Å². The van der Waals surface area contributed by atoms with E-state index < -0.39 is 0 Å². The zero-order valence-electron chi connectivity index (χ0n) is 11.4. The monoisotopic (exact) mass is 268 g/mol. The molecule has 2 saturated heterocycles.